The van der Waals surface area contributed by atoms with Crippen LogP contribution in [0, 0.1) is 5.41 Å². The van der Waals surface area contributed by atoms with Gasteiger partial charge in [-0.05, 0) is 0 Å². The quantitative estimate of drug-likeness (QED) is 0.682. The highest BCUT2D eigenvalue weighted by Crippen LogP contribution is 2.15. The minimum atomic E-state index is -0.0949. The van der Waals surface area contributed by atoms with Crippen molar-refractivity contribution >= 4 is 0 Å². The van der Waals surface area contributed by atoms with E-state index >= 15 is 0 Å². The van der Waals surface area contributed by atoms with Crippen molar-refractivity contribution in [2.45, 2.75) is 20.4 Å². The highest BCUT2D eigenvalue weighted by Gasteiger charge is 2.16. The molecular formula is C7H13N3O. The standard InChI is InChI=1S/C7H13N3O/c1-7(2,4-11)3-10-5-8-9-6-10/h5-6,11H,3-4H2,1-2H3. The molecule has 1 heterocycles. The summed E-state index contributed by atoms with van der Waals surface area (Å²) >= 11 is 0. The normalized spacial score (nSPS) is 11.9. The van der Waals surface area contributed by atoms with Crippen LogP contribution in [-0.4, -0.2) is 26.5 Å². The van der Waals surface area contributed by atoms with Crippen LogP contribution >= 0.6 is 0 Å². The summed E-state index contributed by atoms with van der Waals surface area (Å²) in [5, 5.41) is 16.3. The van der Waals surface area contributed by atoms with Crippen molar-refractivity contribution in [3.05, 3.63) is 12.7 Å². The van der Waals surface area contributed by atoms with Gasteiger partial charge in [-0.3, -0.25) is 0 Å². The zero-order valence-electron chi connectivity index (χ0n) is 6.86. The van der Waals surface area contributed by atoms with E-state index in [4.69, 9.17) is 5.11 Å². The minimum absolute atomic E-state index is 0.0949. The van der Waals surface area contributed by atoms with Crippen LogP contribution in [0.5, 0.6) is 0 Å². The van der Waals surface area contributed by atoms with Crippen molar-refractivity contribution in [3.63, 3.8) is 0 Å². The first kappa shape index (κ1) is 8.20. The second-order valence-electron chi connectivity index (χ2n) is 3.46. The highest BCUT2D eigenvalue weighted by atomic mass is 16.3. The summed E-state index contributed by atoms with van der Waals surface area (Å²) in [5.74, 6) is 0. The molecule has 0 atom stereocenters. The lowest BCUT2D eigenvalue weighted by Gasteiger charge is -2.20. The number of hydrogen-bond donors (Lipinski definition) is 1. The molecule has 0 amide bonds. The Bertz CT molecular complexity index is 205. The van der Waals surface area contributed by atoms with E-state index in [0.29, 0.717) is 0 Å². The van der Waals surface area contributed by atoms with Crippen LogP contribution in [0.25, 0.3) is 0 Å². The fourth-order valence-electron chi connectivity index (χ4n) is 0.848. The molecule has 0 aromatic carbocycles. The first-order valence-corrected chi connectivity index (χ1v) is 3.57. The third-order valence-corrected chi connectivity index (χ3v) is 1.51. The van der Waals surface area contributed by atoms with Gasteiger partial charge in [-0.25, -0.2) is 0 Å². The van der Waals surface area contributed by atoms with Gasteiger partial charge < -0.3 is 9.67 Å². The van der Waals surface area contributed by atoms with Gasteiger partial charge in [0.05, 0.1) is 0 Å². The van der Waals surface area contributed by atoms with E-state index in [1.165, 1.54) is 0 Å². The molecule has 0 unspecified atom stereocenters. The fraction of sp³-hybridized carbons (Fsp3) is 0.714. The fourth-order valence-corrected chi connectivity index (χ4v) is 0.848. The molecule has 0 bridgehead atoms. The van der Waals surface area contributed by atoms with Crippen molar-refractivity contribution < 1.29 is 5.11 Å². The number of aliphatic hydroxyl groups excluding tert-OH is 1. The maximum absolute atomic E-state index is 8.94. The van der Waals surface area contributed by atoms with Gasteiger partial charge in [0.25, 0.3) is 0 Å². The molecule has 0 spiro atoms. The topological polar surface area (TPSA) is 50.9 Å². The molecule has 0 saturated heterocycles. The number of hydrogen-bond acceptors (Lipinski definition) is 3. The van der Waals surface area contributed by atoms with Crippen LogP contribution in [0.15, 0.2) is 12.7 Å². The largest absolute Gasteiger partial charge is 0.396 e. The molecular weight excluding hydrogens is 142 g/mol. The smallest absolute Gasteiger partial charge is 0.119 e. The van der Waals surface area contributed by atoms with Crippen molar-refractivity contribution in [1.29, 1.82) is 0 Å². The zero-order chi connectivity index (χ0) is 8.32. The second-order valence-corrected chi connectivity index (χ2v) is 3.46. The van der Waals surface area contributed by atoms with E-state index in [2.05, 4.69) is 10.2 Å². The Kier molecular flexibility index (Phi) is 2.24. The summed E-state index contributed by atoms with van der Waals surface area (Å²) in [6.45, 7) is 4.90. The molecule has 62 valence electrons. The Morgan fingerprint density at radius 2 is 1.91 bits per heavy atom. The van der Waals surface area contributed by atoms with E-state index in [1.807, 2.05) is 18.4 Å². The van der Waals surface area contributed by atoms with Gasteiger partial charge in [-0.1, -0.05) is 13.8 Å². The summed E-state index contributed by atoms with van der Waals surface area (Å²) in [6, 6.07) is 0. The van der Waals surface area contributed by atoms with Crippen LogP contribution in [-0.2, 0) is 6.54 Å². The molecule has 0 fully saturated rings. The predicted octanol–water partition coefficient (Wildman–Crippen LogP) is 0.297. The SMILES string of the molecule is CC(C)(CO)Cn1cnnc1. The van der Waals surface area contributed by atoms with Crippen LogP contribution in [0.2, 0.25) is 0 Å². The van der Waals surface area contributed by atoms with E-state index in [-0.39, 0.29) is 12.0 Å². The average Bonchev–Trinajstić information content (AvgIpc) is 2.39. The molecule has 0 saturated carbocycles. The van der Waals surface area contributed by atoms with Gasteiger partial charge in [0.1, 0.15) is 12.7 Å². The van der Waals surface area contributed by atoms with E-state index in [9.17, 15) is 0 Å². The first-order chi connectivity index (χ1) is 5.14. The predicted molar refractivity (Wildman–Crippen MR) is 40.9 cm³/mol. The Morgan fingerprint density at radius 3 is 2.36 bits per heavy atom. The molecule has 0 aliphatic rings. The Morgan fingerprint density at radius 1 is 1.36 bits per heavy atom. The molecule has 4 nitrogen and oxygen atoms in total. The van der Waals surface area contributed by atoms with Gasteiger partial charge in [0.15, 0.2) is 0 Å². The lowest BCUT2D eigenvalue weighted by atomic mass is 9.95. The first-order valence-electron chi connectivity index (χ1n) is 3.57. The van der Waals surface area contributed by atoms with Crippen LogP contribution in [0.4, 0.5) is 0 Å². The highest BCUT2D eigenvalue weighted by molar-refractivity contribution is 4.71. The lowest BCUT2D eigenvalue weighted by Crippen LogP contribution is -2.22. The van der Waals surface area contributed by atoms with Gasteiger partial charge >= 0.3 is 0 Å². The Labute approximate surface area is 65.9 Å². The lowest BCUT2D eigenvalue weighted by molar-refractivity contribution is 0.141. The maximum Gasteiger partial charge on any atom is 0.119 e. The Hall–Kier alpha value is -0.900. The number of aromatic nitrogens is 3. The number of nitrogens with zero attached hydrogens (tertiary/aromatic N) is 3. The summed E-state index contributed by atoms with van der Waals surface area (Å²) in [7, 11) is 0. The van der Waals surface area contributed by atoms with Crippen molar-refractivity contribution in [2.75, 3.05) is 6.61 Å². The summed E-state index contributed by atoms with van der Waals surface area (Å²) < 4.78 is 1.86. The molecule has 1 aromatic heterocycles. The van der Waals surface area contributed by atoms with E-state index < -0.39 is 0 Å². The number of aliphatic hydroxyl groups is 1. The third-order valence-electron chi connectivity index (χ3n) is 1.51. The van der Waals surface area contributed by atoms with Crippen molar-refractivity contribution in [2.24, 2.45) is 5.41 Å². The maximum atomic E-state index is 8.94. The molecule has 1 N–H and O–H groups in total. The molecule has 0 aliphatic heterocycles. The van der Waals surface area contributed by atoms with Crippen LogP contribution in [0.1, 0.15) is 13.8 Å². The molecule has 11 heavy (non-hydrogen) atoms. The monoisotopic (exact) mass is 155 g/mol. The Balaban J connectivity index is 2.56. The third kappa shape index (κ3) is 2.31. The van der Waals surface area contributed by atoms with Gasteiger partial charge in [-0.2, -0.15) is 0 Å². The van der Waals surface area contributed by atoms with Crippen LogP contribution < -0.4 is 0 Å². The summed E-state index contributed by atoms with van der Waals surface area (Å²) in [5.41, 5.74) is -0.0949. The zero-order valence-corrected chi connectivity index (χ0v) is 6.86. The van der Waals surface area contributed by atoms with E-state index in [1.54, 1.807) is 12.7 Å². The molecule has 1 aromatic rings. The van der Waals surface area contributed by atoms with Crippen molar-refractivity contribution in [3.8, 4) is 0 Å². The molecule has 0 aliphatic carbocycles. The number of rotatable bonds is 3. The minimum Gasteiger partial charge on any atom is -0.396 e. The molecule has 1 rings (SSSR count). The van der Waals surface area contributed by atoms with Gasteiger partial charge in [0, 0.05) is 18.6 Å². The summed E-state index contributed by atoms with van der Waals surface area (Å²) in [4.78, 5) is 0. The van der Waals surface area contributed by atoms with Crippen molar-refractivity contribution in [1.82, 2.24) is 14.8 Å². The average molecular weight is 155 g/mol. The van der Waals surface area contributed by atoms with E-state index in [0.717, 1.165) is 6.54 Å². The van der Waals surface area contributed by atoms with Gasteiger partial charge in [-0.15, -0.1) is 10.2 Å². The van der Waals surface area contributed by atoms with Crippen LogP contribution in [0.3, 0.4) is 0 Å². The second kappa shape index (κ2) is 3.00. The molecule has 0 radical (unpaired) electrons. The molecule has 4 heteroatoms. The van der Waals surface area contributed by atoms with Gasteiger partial charge in [0.2, 0.25) is 0 Å². The summed E-state index contributed by atoms with van der Waals surface area (Å²) in [6.07, 6.45) is 3.30.